The number of aliphatic hydroxyl groups excluding tert-OH is 1. The van der Waals surface area contributed by atoms with E-state index in [0.717, 1.165) is 5.56 Å². The van der Waals surface area contributed by atoms with Crippen LogP contribution < -0.4 is 16.2 Å². The Morgan fingerprint density at radius 3 is 2.67 bits per heavy atom. The number of aliphatic hydroxyl groups is 1. The van der Waals surface area contributed by atoms with Crippen molar-refractivity contribution in [2.75, 3.05) is 6.61 Å². The third-order valence-corrected chi connectivity index (χ3v) is 4.27. The highest BCUT2D eigenvalue weighted by molar-refractivity contribution is 6.09. The van der Waals surface area contributed by atoms with Gasteiger partial charge in [0.05, 0.1) is 18.1 Å². The Hall–Kier alpha value is -3.39. The van der Waals surface area contributed by atoms with Gasteiger partial charge in [0.25, 0.3) is 5.91 Å². The maximum Gasteiger partial charge on any atom is 0.252 e. The summed E-state index contributed by atoms with van der Waals surface area (Å²) >= 11 is 0. The van der Waals surface area contributed by atoms with Crippen molar-refractivity contribution < 1.29 is 23.8 Å². The highest BCUT2D eigenvalue weighted by atomic mass is 16.5. The Morgan fingerprint density at radius 2 is 2.07 bits per heavy atom. The average Bonchev–Trinajstić information content (AvgIpc) is 2.98. The van der Waals surface area contributed by atoms with Crippen LogP contribution in [-0.4, -0.2) is 28.5 Å². The molecular weight excluding hydrogens is 350 g/mol. The van der Waals surface area contributed by atoms with Gasteiger partial charge in [-0.3, -0.25) is 14.6 Å². The minimum Gasteiger partial charge on any atom is -0.489 e. The summed E-state index contributed by atoms with van der Waals surface area (Å²) in [6.45, 7) is 1.21. The number of aryl methyl sites for hydroxylation is 1. The van der Waals surface area contributed by atoms with Gasteiger partial charge >= 0.3 is 0 Å². The fourth-order valence-electron chi connectivity index (χ4n) is 3.05. The van der Waals surface area contributed by atoms with Gasteiger partial charge in [0.15, 0.2) is 0 Å². The molecule has 0 bridgehead atoms. The van der Waals surface area contributed by atoms with Crippen LogP contribution in [0.25, 0.3) is 11.0 Å². The normalized spacial score (nSPS) is 12.1. The van der Waals surface area contributed by atoms with Gasteiger partial charge in [0.1, 0.15) is 23.7 Å². The minimum absolute atomic E-state index is 0.131. The average molecular weight is 369 g/mol. The van der Waals surface area contributed by atoms with E-state index >= 15 is 0 Å². The van der Waals surface area contributed by atoms with E-state index in [1.165, 1.54) is 0 Å². The Morgan fingerprint density at radius 1 is 1.30 bits per heavy atom. The van der Waals surface area contributed by atoms with Gasteiger partial charge in [-0.2, -0.15) is 0 Å². The largest absolute Gasteiger partial charge is 0.489 e. The predicted octanol–water partition coefficient (Wildman–Crippen LogP) is 1.38. The molecule has 2 amide bonds. The second kappa shape index (κ2) is 7.46. The summed E-state index contributed by atoms with van der Waals surface area (Å²) < 4.78 is 11.4. The fraction of sp³-hybridized carbons (Fsp3) is 0.211. The van der Waals surface area contributed by atoms with Crippen molar-refractivity contribution in [3.63, 3.8) is 0 Å². The predicted molar refractivity (Wildman–Crippen MR) is 97.1 cm³/mol. The number of primary amides is 2. The second-order valence-electron chi connectivity index (χ2n) is 6.04. The summed E-state index contributed by atoms with van der Waals surface area (Å²) in [6, 6.07) is 6.83. The molecule has 0 aliphatic heterocycles. The number of ether oxygens (including phenoxy) is 1. The van der Waals surface area contributed by atoms with Crippen LogP contribution >= 0.6 is 0 Å². The van der Waals surface area contributed by atoms with E-state index in [4.69, 9.17) is 20.6 Å². The maximum atomic E-state index is 12.0. The maximum absolute atomic E-state index is 12.0. The molecular formula is C19H19N3O5. The van der Waals surface area contributed by atoms with Gasteiger partial charge < -0.3 is 25.7 Å². The van der Waals surface area contributed by atoms with Crippen molar-refractivity contribution in [3.8, 4) is 5.75 Å². The van der Waals surface area contributed by atoms with Crippen molar-refractivity contribution in [3.05, 3.63) is 59.1 Å². The number of hydrogen-bond acceptors (Lipinski definition) is 6. The molecule has 0 aliphatic carbocycles. The summed E-state index contributed by atoms with van der Waals surface area (Å²) in [5.41, 5.74) is 12.5. The monoisotopic (exact) mass is 369 g/mol. The van der Waals surface area contributed by atoms with Crippen LogP contribution in [0.5, 0.6) is 5.75 Å². The van der Waals surface area contributed by atoms with Crippen molar-refractivity contribution in [2.45, 2.75) is 19.4 Å². The molecule has 0 aliphatic rings. The van der Waals surface area contributed by atoms with E-state index < -0.39 is 24.3 Å². The number of carbonyl (C=O) groups excluding carboxylic acids is 2. The number of benzene rings is 1. The quantitative estimate of drug-likeness (QED) is 0.574. The van der Waals surface area contributed by atoms with Crippen LogP contribution in [0.1, 0.15) is 33.2 Å². The molecule has 0 saturated carbocycles. The number of aromatic nitrogens is 1. The first-order chi connectivity index (χ1) is 12.9. The molecule has 140 valence electrons. The first-order valence-electron chi connectivity index (χ1n) is 8.21. The van der Waals surface area contributed by atoms with E-state index in [0.29, 0.717) is 22.5 Å². The van der Waals surface area contributed by atoms with Crippen LogP contribution in [0.4, 0.5) is 0 Å². The molecule has 1 atom stereocenters. The van der Waals surface area contributed by atoms with Crippen molar-refractivity contribution in [1.82, 2.24) is 4.98 Å². The molecule has 2 aromatic heterocycles. The Kier molecular flexibility index (Phi) is 5.09. The summed E-state index contributed by atoms with van der Waals surface area (Å²) in [7, 11) is 0. The smallest absolute Gasteiger partial charge is 0.252 e. The Balaban J connectivity index is 2.18. The summed E-state index contributed by atoms with van der Waals surface area (Å²) in [5, 5.41) is 10.1. The number of nitrogens with zero attached hydrogens (tertiary/aromatic N) is 1. The molecule has 0 saturated heterocycles. The van der Waals surface area contributed by atoms with Gasteiger partial charge in [0.2, 0.25) is 5.91 Å². The number of rotatable bonds is 7. The Labute approximate surface area is 154 Å². The number of amides is 2. The summed E-state index contributed by atoms with van der Waals surface area (Å²) in [4.78, 5) is 27.9. The molecule has 1 unspecified atom stereocenters. The lowest BCUT2D eigenvalue weighted by Gasteiger charge is -2.18. The zero-order valence-corrected chi connectivity index (χ0v) is 14.6. The topological polar surface area (TPSA) is 142 Å². The van der Waals surface area contributed by atoms with Crippen molar-refractivity contribution in [2.24, 2.45) is 11.5 Å². The first-order valence-corrected chi connectivity index (χ1v) is 8.21. The van der Waals surface area contributed by atoms with E-state index in [-0.39, 0.29) is 17.7 Å². The van der Waals surface area contributed by atoms with Crippen LogP contribution in [0.3, 0.4) is 0 Å². The molecule has 0 spiro atoms. The van der Waals surface area contributed by atoms with Gasteiger partial charge in [-0.25, -0.2) is 0 Å². The van der Waals surface area contributed by atoms with Crippen LogP contribution in [0, 0.1) is 6.92 Å². The zero-order chi connectivity index (χ0) is 19.6. The molecule has 5 N–H and O–H groups in total. The molecule has 8 nitrogen and oxygen atoms in total. The highest BCUT2D eigenvalue weighted by Crippen LogP contribution is 2.39. The van der Waals surface area contributed by atoms with Gasteiger partial charge in [-0.05, 0) is 25.1 Å². The zero-order valence-electron chi connectivity index (χ0n) is 14.6. The first kappa shape index (κ1) is 18.4. The third kappa shape index (κ3) is 3.47. The molecule has 8 heteroatoms. The SMILES string of the molecule is Cc1oc2ccc(OCc3cccnc3)c(C(CO)C(N)=O)c2c1C(N)=O. The van der Waals surface area contributed by atoms with Crippen LogP contribution in [0.15, 0.2) is 41.1 Å². The molecule has 0 fully saturated rings. The van der Waals surface area contributed by atoms with Gasteiger partial charge in [-0.15, -0.1) is 0 Å². The van der Waals surface area contributed by atoms with Crippen LogP contribution in [0.2, 0.25) is 0 Å². The summed E-state index contributed by atoms with van der Waals surface area (Å²) in [5.74, 6) is -1.95. The van der Waals surface area contributed by atoms with Gasteiger partial charge in [-0.1, -0.05) is 6.07 Å². The molecule has 3 aromatic rings. The highest BCUT2D eigenvalue weighted by Gasteiger charge is 2.29. The van der Waals surface area contributed by atoms with Crippen molar-refractivity contribution >= 4 is 22.8 Å². The molecule has 1 aromatic carbocycles. The number of pyridine rings is 1. The number of furan rings is 1. The van der Waals surface area contributed by atoms with E-state index in [1.54, 1.807) is 37.5 Å². The van der Waals surface area contributed by atoms with Crippen molar-refractivity contribution in [1.29, 1.82) is 0 Å². The number of carbonyl (C=O) groups is 2. The second-order valence-corrected chi connectivity index (χ2v) is 6.04. The number of fused-ring (bicyclic) bond motifs is 1. The number of hydrogen-bond donors (Lipinski definition) is 3. The molecule has 0 radical (unpaired) electrons. The Bertz CT molecular complexity index is 997. The van der Waals surface area contributed by atoms with Gasteiger partial charge in [0, 0.05) is 28.9 Å². The lowest BCUT2D eigenvalue weighted by atomic mass is 9.92. The molecule has 3 rings (SSSR count). The van der Waals surface area contributed by atoms with Crippen LogP contribution in [-0.2, 0) is 11.4 Å². The van der Waals surface area contributed by atoms with E-state index in [2.05, 4.69) is 4.98 Å². The third-order valence-electron chi connectivity index (χ3n) is 4.27. The molecule has 2 heterocycles. The lowest BCUT2D eigenvalue weighted by molar-refractivity contribution is -0.120. The fourth-order valence-corrected chi connectivity index (χ4v) is 3.05. The van der Waals surface area contributed by atoms with E-state index in [1.807, 2.05) is 6.07 Å². The lowest BCUT2D eigenvalue weighted by Crippen LogP contribution is -2.25. The van der Waals surface area contributed by atoms with E-state index in [9.17, 15) is 14.7 Å². The number of nitrogens with two attached hydrogens (primary N) is 2. The standard InChI is InChI=1S/C19H19N3O5/c1-10-15(19(21)25)17-14(27-10)5-4-13(16(17)12(8-23)18(20)24)26-9-11-3-2-6-22-7-11/h2-7,12,23H,8-9H2,1H3,(H2,20,24)(H2,21,25). The minimum atomic E-state index is -1.09. The molecule has 27 heavy (non-hydrogen) atoms. The summed E-state index contributed by atoms with van der Waals surface area (Å²) in [6.07, 6.45) is 3.29.